The summed E-state index contributed by atoms with van der Waals surface area (Å²) in [6.07, 6.45) is 1.89. The summed E-state index contributed by atoms with van der Waals surface area (Å²) in [4.78, 5) is 2.23. The zero-order valence-electron chi connectivity index (χ0n) is 7.50. The molecule has 0 aromatic heterocycles. The average Bonchev–Trinajstić information content (AvgIpc) is 1.97. The van der Waals surface area contributed by atoms with Crippen molar-refractivity contribution in [3.05, 3.63) is 12.7 Å². The van der Waals surface area contributed by atoms with Crippen LogP contribution in [0.4, 0.5) is 0 Å². The van der Waals surface area contributed by atoms with Crippen LogP contribution in [0.3, 0.4) is 0 Å². The lowest BCUT2D eigenvalue weighted by Gasteiger charge is -2.32. The number of hydrogen-bond donors (Lipinski definition) is 2. The number of aliphatic hydroxyl groups is 1. The summed E-state index contributed by atoms with van der Waals surface area (Å²) in [6.45, 7) is 8.92. The molecule has 2 N–H and O–H groups in total. The summed E-state index contributed by atoms with van der Waals surface area (Å²) >= 11 is 0. The molecule has 0 aromatic rings. The van der Waals surface area contributed by atoms with Crippen molar-refractivity contribution in [3.63, 3.8) is 0 Å². The molecule has 1 fully saturated rings. The zero-order chi connectivity index (χ0) is 8.81. The van der Waals surface area contributed by atoms with Gasteiger partial charge in [-0.05, 0) is 5.92 Å². The van der Waals surface area contributed by atoms with Crippen LogP contribution in [0.15, 0.2) is 12.7 Å². The normalized spacial score (nSPS) is 17.8. The fourth-order valence-corrected chi connectivity index (χ4v) is 1.42. The first-order valence-electron chi connectivity index (χ1n) is 4.51. The molecule has 0 bridgehead atoms. The van der Waals surface area contributed by atoms with Crippen LogP contribution < -0.4 is 5.32 Å². The van der Waals surface area contributed by atoms with Crippen molar-refractivity contribution in [2.45, 2.75) is 0 Å². The molecule has 1 saturated heterocycles. The smallest absolute Gasteiger partial charge is 0.0558 e. The van der Waals surface area contributed by atoms with E-state index in [1.165, 1.54) is 0 Å². The monoisotopic (exact) mass is 170 g/mol. The summed E-state index contributed by atoms with van der Waals surface area (Å²) in [5.74, 6) is 0.775. The molecule has 0 atom stereocenters. The van der Waals surface area contributed by atoms with Gasteiger partial charge in [0.2, 0.25) is 0 Å². The van der Waals surface area contributed by atoms with E-state index in [2.05, 4.69) is 16.8 Å². The molecule has 3 nitrogen and oxygen atoms in total. The van der Waals surface area contributed by atoms with Gasteiger partial charge in [-0.25, -0.2) is 0 Å². The van der Waals surface area contributed by atoms with Gasteiger partial charge in [-0.1, -0.05) is 6.08 Å². The minimum atomic E-state index is 0.244. The predicted molar refractivity (Wildman–Crippen MR) is 50.1 cm³/mol. The highest BCUT2D eigenvalue weighted by Crippen LogP contribution is 2.05. The largest absolute Gasteiger partial charge is 0.395 e. The lowest BCUT2D eigenvalue weighted by Crippen LogP contribution is -2.48. The Morgan fingerprint density at radius 3 is 2.75 bits per heavy atom. The summed E-state index contributed by atoms with van der Waals surface area (Å²) in [5, 5.41) is 12.0. The van der Waals surface area contributed by atoms with Crippen LogP contribution in [0.2, 0.25) is 0 Å². The van der Waals surface area contributed by atoms with Gasteiger partial charge < -0.3 is 10.4 Å². The molecule has 0 aromatic carbocycles. The maximum Gasteiger partial charge on any atom is 0.0558 e. The van der Waals surface area contributed by atoms with Crippen molar-refractivity contribution in [3.8, 4) is 0 Å². The van der Waals surface area contributed by atoms with E-state index < -0.39 is 0 Å². The predicted octanol–water partition coefficient (Wildman–Crippen LogP) is -0.314. The second kappa shape index (κ2) is 5.30. The van der Waals surface area contributed by atoms with E-state index in [1.807, 2.05) is 6.08 Å². The standard InChI is InChI=1S/C9H18N2O/c1-2-3-11(4-5-12)8-9-6-10-7-9/h2,9-10,12H,1,3-8H2. The second-order valence-electron chi connectivity index (χ2n) is 3.30. The van der Waals surface area contributed by atoms with Crippen LogP contribution in [0.25, 0.3) is 0 Å². The first-order valence-corrected chi connectivity index (χ1v) is 4.51. The summed E-state index contributed by atoms with van der Waals surface area (Å²) in [6, 6.07) is 0. The minimum absolute atomic E-state index is 0.244. The van der Waals surface area contributed by atoms with Gasteiger partial charge in [0.1, 0.15) is 0 Å². The first-order chi connectivity index (χ1) is 5.86. The molecule has 0 amide bonds. The Bertz CT molecular complexity index is 134. The maximum atomic E-state index is 8.78. The summed E-state index contributed by atoms with van der Waals surface area (Å²) in [7, 11) is 0. The number of rotatable bonds is 6. The Hall–Kier alpha value is -0.380. The van der Waals surface area contributed by atoms with Crippen molar-refractivity contribution >= 4 is 0 Å². The van der Waals surface area contributed by atoms with E-state index in [-0.39, 0.29) is 6.61 Å². The Balaban J connectivity index is 2.15. The van der Waals surface area contributed by atoms with E-state index in [0.717, 1.165) is 38.6 Å². The van der Waals surface area contributed by atoms with Crippen LogP contribution in [-0.2, 0) is 0 Å². The molecule has 12 heavy (non-hydrogen) atoms. The molecule has 0 saturated carbocycles. The van der Waals surface area contributed by atoms with Gasteiger partial charge >= 0.3 is 0 Å². The third-order valence-electron chi connectivity index (χ3n) is 2.19. The Morgan fingerprint density at radius 2 is 2.33 bits per heavy atom. The summed E-state index contributed by atoms with van der Waals surface area (Å²) in [5.41, 5.74) is 0. The lowest BCUT2D eigenvalue weighted by atomic mass is 10.0. The van der Waals surface area contributed by atoms with E-state index in [4.69, 9.17) is 5.11 Å². The minimum Gasteiger partial charge on any atom is -0.395 e. The third kappa shape index (κ3) is 2.93. The maximum absolute atomic E-state index is 8.78. The van der Waals surface area contributed by atoms with Crippen LogP contribution in [0.5, 0.6) is 0 Å². The highest BCUT2D eigenvalue weighted by molar-refractivity contribution is 4.81. The van der Waals surface area contributed by atoms with Gasteiger partial charge in [0.25, 0.3) is 0 Å². The van der Waals surface area contributed by atoms with Gasteiger partial charge in [-0.15, -0.1) is 6.58 Å². The van der Waals surface area contributed by atoms with Gasteiger partial charge in [0.05, 0.1) is 6.61 Å². The molecule has 1 aliphatic heterocycles. The molecular weight excluding hydrogens is 152 g/mol. The van der Waals surface area contributed by atoms with Crippen molar-refractivity contribution in [2.24, 2.45) is 5.92 Å². The van der Waals surface area contributed by atoms with Crippen molar-refractivity contribution in [1.29, 1.82) is 0 Å². The third-order valence-corrected chi connectivity index (χ3v) is 2.19. The van der Waals surface area contributed by atoms with Crippen LogP contribution in [0, 0.1) is 5.92 Å². The molecule has 1 rings (SSSR count). The van der Waals surface area contributed by atoms with Gasteiger partial charge in [0.15, 0.2) is 0 Å². The fraction of sp³-hybridized carbons (Fsp3) is 0.778. The van der Waals surface area contributed by atoms with Crippen molar-refractivity contribution in [2.75, 3.05) is 39.3 Å². The van der Waals surface area contributed by atoms with E-state index in [0.29, 0.717) is 0 Å². The lowest BCUT2D eigenvalue weighted by molar-refractivity contribution is 0.167. The van der Waals surface area contributed by atoms with Crippen LogP contribution in [0.1, 0.15) is 0 Å². The van der Waals surface area contributed by atoms with Crippen molar-refractivity contribution in [1.82, 2.24) is 10.2 Å². The number of aliphatic hydroxyl groups excluding tert-OH is 1. The zero-order valence-corrected chi connectivity index (χ0v) is 7.50. The Morgan fingerprint density at radius 1 is 1.58 bits per heavy atom. The fourth-order valence-electron chi connectivity index (χ4n) is 1.42. The molecule has 1 aliphatic rings. The van der Waals surface area contributed by atoms with E-state index in [9.17, 15) is 0 Å². The van der Waals surface area contributed by atoms with Crippen LogP contribution >= 0.6 is 0 Å². The highest BCUT2D eigenvalue weighted by atomic mass is 16.3. The molecule has 70 valence electrons. The first kappa shape index (κ1) is 9.71. The summed E-state index contributed by atoms with van der Waals surface area (Å²) < 4.78 is 0. The van der Waals surface area contributed by atoms with Gasteiger partial charge in [-0.3, -0.25) is 4.90 Å². The molecule has 3 heteroatoms. The van der Waals surface area contributed by atoms with Gasteiger partial charge in [0, 0.05) is 32.7 Å². The topological polar surface area (TPSA) is 35.5 Å². The number of hydrogen-bond acceptors (Lipinski definition) is 3. The molecule has 1 heterocycles. The average molecular weight is 170 g/mol. The Labute approximate surface area is 74.1 Å². The molecular formula is C9H18N2O. The highest BCUT2D eigenvalue weighted by Gasteiger charge is 2.18. The Kier molecular flexibility index (Phi) is 4.29. The van der Waals surface area contributed by atoms with Gasteiger partial charge in [-0.2, -0.15) is 0 Å². The second-order valence-corrected chi connectivity index (χ2v) is 3.30. The number of nitrogens with one attached hydrogen (secondary N) is 1. The molecule has 0 aliphatic carbocycles. The van der Waals surface area contributed by atoms with E-state index in [1.54, 1.807) is 0 Å². The van der Waals surface area contributed by atoms with E-state index >= 15 is 0 Å². The quantitative estimate of drug-likeness (QED) is 0.537. The molecule has 0 radical (unpaired) electrons. The van der Waals surface area contributed by atoms with Crippen molar-refractivity contribution < 1.29 is 5.11 Å². The SMILES string of the molecule is C=CCN(CCO)CC1CNC1. The number of nitrogens with zero attached hydrogens (tertiary/aromatic N) is 1. The molecule has 0 unspecified atom stereocenters. The van der Waals surface area contributed by atoms with Crippen LogP contribution in [-0.4, -0.2) is 49.3 Å². The molecule has 0 spiro atoms.